The number of ether oxygens (including phenoxy) is 2. The quantitative estimate of drug-likeness (QED) is 0.692. The fourth-order valence-electron chi connectivity index (χ4n) is 3.77. The number of piperazine rings is 1. The van der Waals surface area contributed by atoms with Gasteiger partial charge in [-0.2, -0.15) is 0 Å². The van der Waals surface area contributed by atoms with Gasteiger partial charge in [0.25, 0.3) is 5.91 Å². The van der Waals surface area contributed by atoms with E-state index in [9.17, 15) is 9.59 Å². The Labute approximate surface area is 181 Å². The largest absolute Gasteiger partial charge is 0.497 e. The third kappa shape index (κ3) is 5.32. The highest BCUT2D eigenvalue weighted by Crippen LogP contribution is 2.26. The van der Waals surface area contributed by atoms with E-state index in [1.807, 2.05) is 11.1 Å². The molecule has 0 atom stereocenters. The van der Waals surface area contributed by atoms with Crippen LogP contribution in [0.15, 0.2) is 24.4 Å². The summed E-state index contributed by atoms with van der Waals surface area (Å²) < 4.78 is 13.0. The van der Waals surface area contributed by atoms with Crippen molar-refractivity contribution in [3.05, 3.63) is 35.7 Å². The lowest BCUT2D eigenvalue weighted by molar-refractivity contribution is -0.121. The Balaban J connectivity index is 1.53. The molecule has 31 heavy (non-hydrogen) atoms. The summed E-state index contributed by atoms with van der Waals surface area (Å²) in [6, 6.07) is 5.28. The molecule has 0 radical (unpaired) electrons. The van der Waals surface area contributed by atoms with Crippen molar-refractivity contribution in [3.8, 4) is 11.5 Å². The van der Waals surface area contributed by atoms with E-state index < -0.39 is 0 Å². The van der Waals surface area contributed by atoms with Gasteiger partial charge in [0.2, 0.25) is 5.91 Å². The number of hydrogen-bond donors (Lipinski definition) is 1. The number of benzene rings is 1. The first-order chi connectivity index (χ1) is 15.1. The lowest BCUT2D eigenvalue weighted by atomic mass is 10.1. The second-order valence-corrected chi connectivity index (χ2v) is 7.67. The predicted octanol–water partition coefficient (Wildman–Crippen LogP) is 0.186. The van der Waals surface area contributed by atoms with Crippen LogP contribution in [0, 0.1) is 0 Å². The molecule has 5 rings (SSSR count). The Bertz CT molecular complexity index is 922. The molecule has 10 heteroatoms. The zero-order chi connectivity index (χ0) is 21.6. The molecule has 0 unspecified atom stereocenters. The third-order valence-corrected chi connectivity index (χ3v) is 5.60. The maximum atomic E-state index is 13.2. The Hall–Kier alpha value is -3.14. The highest BCUT2D eigenvalue weighted by molar-refractivity contribution is 5.97. The van der Waals surface area contributed by atoms with Gasteiger partial charge in [0.15, 0.2) is 0 Å². The number of aryl methyl sites for hydroxylation is 1. The molecule has 1 aromatic carbocycles. The number of carbonyl (C=O) groups excluding carboxylic acids is 2. The van der Waals surface area contributed by atoms with Gasteiger partial charge in [-0.25, -0.2) is 4.68 Å². The minimum Gasteiger partial charge on any atom is -0.497 e. The molecule has 0 saturated carbocycles. The average Bonchev–Trinajstić information content (AvgIpc) is 3.25. The molecule has 166 valence electrons. The normalized spacial score (nSPS) is 18.9. The number of methoxy groups -OCH3 is 1. The second kappa shape index (κ2) is 9.78. The van der Waals surface area contributed by atoms with Gasteiger partial charge < -0.3 is 19.7 Å². The minimum atomic E-state index is -0.0495. The fraction of sp³-hybridized carbons (Fsp3) is 0.524. The third-order valence-electron chi connectivity index (χ3n) is 5.60. The summed E-state index contributed by atoms with van der Waals surface area (Å²) in [5.41, 5.74) is 1.29. The highest BCUT2D eigenvalue weighted by Gasteiger charge is 2.25. The molecule has 4 bridgehead atoms. The number of fused-ring (bicyclic) bond motifs is 9. The molecule has 0 aliphatic carbocycles. The number of nitrogens with zero attached hydrogens (tertiary/aromatic N) is 5. The van der Waals surface area contributed by atoms with Gasteiger partial charge in [0.1, 0.15) is 18.1 Å². The molecule has 4 heterocycles. The molecule has 2 amide bonds. The van der Waals surface area contributed by atoms with Crippen molar-refractivity contribution in [2.45, 2.75) is 19.4 Å². The van der Waals surface area contributed by atoms with E-state index >= 15 is 0 Å². The smallest absolute Gasteiger partial charge is 0.257 e. The molecule has 3 aliphatic heterocycles. The van der Waals surface area contributed by atoms with E-state index in [4.69, 9.17) is 9.47 Å². The summed E-state index contributed by atoms with van der Waals surface area (Å²) in [5, 5.41) is 11.2. The van der Waals surface area contributed by atoms with Crippen molar-refractivity contribution in [2.75, 3.05) is 53.0 Å². The van der Waals surface area contributed by atoms with Crippen molar-refractivity contribution >= 4 is 11.8 Å². The van der Waals surface area contributed by atoms with Crippen LogP contribution in [0.4, 0.5) is 0 Å². The molecule has 1 aromatic heterocycles. The van der Waals surface area contributed by atoms with E-state index in [0.29, 0.717) is 62.7 Å². The van der Waals surface area contributed by atoms with E-state index in [-0.39, 0.29) is 11.8 Å². The zero-order valence-corrected chi connectivity index (χ0v) is 17.7. The summed E-state index contributed by atoms with van der Waals surface area (Å²) in [7, 11) is 1.59. The van der Waals surface area contributed by atoms with Gasteiger partial charge in [-0.15, -0.1) is 5.10 Å². The van der Waals surface area contributed by atoms with Gasteiger partial charge in [0.05, 0.1) is 24.9 Å². The van der Waals surface area contributed by atoms with Gasteiger partial charge >= 0.3 is 0 Å². The Morgan fingerprint density at radius 1 is 1.06 bits per heavy atom. The second-order valence-electron chi connectivity index (χ2n) is 7.67. The number of amides is 2. The van der Waals surface area contributed by atoms with Crippen LogP contribution in [0.2, 0.25) is 0 Å². The minimum absolute atomic E-state index is 0.00834. The summed E-state index contributed by atoms with van der Waals surface area (Å²) in [5.74, 6) is 1.09. The number of nitrogens with one attached hydrogen (secondary N) is 1. The number of rotatable bonds is 1. The zero-order valence-electron chi connectivity index (χ0n) is 17.7. The van der Waals surface area contributed by atoms with Crippen LogP contribution in [-0.2, 0) is 17.8 Å². The first-order valence-corrected chi connectivity index (χ1v) is 10.6. The van der Waals surface area contributed by atoms with Crippen LogP contribution in [0.25, 0.3) is 0 Å². The van der Waals surface area contributed by atoms with Crippen LogP contribution >= 0.6 is 0 Å². The van der Waals surface area contributed by atoms with Crippen LogP contribution in [0.3, 0.4) is 0 Å². The highest BCUT2D eigenvalue weighted by atomic mass is 16.5. The average molecular weight is 428 g/mol. The van der Waals surface area contributed by atoms with Crippen molar-refractivity contribution in [3.63, 3.8) is 0 Å². The molecule has 3 aliphatic rings. The van der Waals surface area contributed by atoms with Crippen molar-refractivity contribution in [2.24, 2.45) is 0 Å². The van der Waals surface area contributed by atoms with Crippen LogP contribution in [0.5, 0.6) is 11.5 Å². The van der Waals surface area contributed by atoms with E-state index in [1.165, 1.54) is 0 Å². The maximum Gasteiger partial charge on any atom is 0.257 e. The summed E-state index contributed by atoms with van der Waals surface area (Å²) in [6.45, 7) is 4.98. The van der Waals surface area contributed by atoms with Crippen molar-refractivity contribution in [1.29, 1.82) is 0 Å². The number of carbonyl (C=O) groups is 2. The van der Waals surface area contributed by atoms with E-state index in [2.05, 4.69) is 20.5 Å². The van der Waals surface area contributed by atoms with E-state index in [1.54, 1.807) is 30.0 Å². The van der Waals surface area contributed by atoms with Crippen LogP contribution in [-0.4, -0.2) is 89.6 Å². The van der Waals surface area contributed by atoms with Crippen molar-refractivity contribution in [1.82, 2.24) is 30.1 Å². The summed E-state index contributed by atoms with van der Waals surface area (Å²) in [4.78, 5) is 29.4. The number of aromatic nitrogens is 3. The van der Waals surface area contributed by atoms with Gasteiger partial charge in [-0.1, -0.05) is 5.21 Å². The molecule has 0 spiro atoms. The van der Waals surface area contributed by atoms with Gasteiger partial charge in [0, 0.05) is 64.4 Å². The summed E-state index contributed by atoms with van der Waals surface area (Å²) in [6.07, 6.45) is 2.74. The monoisotopic (exact) mass is 428 g/mol. The van der Waals surface area contributed by atoms with Crippen molar-refractivity contribution < 1.29 is 19.1 Å². The van der Waals surface area contributed by atoms with Gasteiger partial charge in [-0.05, 0) is 12.1 Å². The SMILES string of the molecule is COc1ccc2c(c1)OCCn1cc(nn1)CCC(=O)NCCN1CCN(CC1)C2=O. The summed E-state index contributed by atoms with van der Waals surface area (Å²) >= 11 is 0. The molecule has 2 aromatic rings. The molecule has 1 N–H and O–H groups in total. The first kappa shape index (κ1) is 21.1. The molecular formula is C21H28N6O4. The topological polar surface area (TPSA) is 102 Å². The Morgan fingerprint density at radius 3 is 2.71 bits per heavy atom. The fourth-order valence-corrected chi connectivity index (χ4v) is 3.77. The van der Waals surface area contributed by atoms with Crippen LogP contribution in [0.1, 0.15) is 22.5 Å². The molecular weight excluding hydrogens is 400 g/mol. The Morgan fingerprint density at radius 2 is 1.90 bits per heavy atom. The van der Waals surface area contributed by atoms with E-state index in [0.717, 1.165) is 25.3 Å². The van der Waals surface area contributed by atoms with Crippen LogP contribution < -0.4 is 14.8 Å². The predicted molar refractivity (Wildman–Crippen MR) is 112 cm³/mol. The lowest BCUT2D eigenvalue weighted by Crippen LogP contribution is -2.50. The number of hydrogen-bond acceptors (Lipinski definition) is 7. The standard InChI is InChI=1S/C21H28N6O4/c1-30-17-3-4-18-19(14-17)31-13-12-27-15-16(23-24-27)2-5-20(28)22-6-7-25-8-10-26(11-9-25)21(18)29/h3-4,14-15H,2,5-13H2,1H3,(H,22,28). The molecule has 1 saturated heterocycles. The first-order valence-electron chi connectivity index (χ1n) is 10.6. The van der Waals surface area contributed by atoms with Gasteiger partial charge in [-0.3, -0.25) is 14.5 Å². The maximum absolute atomic E-state index is 13.2. The lowest BCUT2D eigenvalue weighted by Gasteiger charge is -2.35. The molecule has 10 nitrogen and oxygen atoms in total. The molecule has 1 fully saturated rings. The Kier molecular flexibility index (Phi) is 6.66.